The Kier molecular flexibility index (Phi) is 5.05. The molecule has 0 N–H and O–H groups in total. The molecule has 13 heteroatoms. The number of benzene rings is 2. The van der Waals surface area contributed by atoms with Gasteiger partial charge >= 0.3 is 14.0 Å². The zero-order chi connectivity index (χ0) is 26.0. The minimum absolute atomic E-state index is 0.0152. The van der Waals surface area contributed by atoms with E-state index in [1.54, 1.807) is 0 Å². The summed E-state index contributed by atoms with van der Waals surface area (Å²) in [7, 11) is -1.03. The number of hydrogen-bond acceptors (Lipinski definition) is 9. The van der Waals surface area contributed by atoms with Crippen molar-refractivity contribution in [3.8, 4) is 0 Å². The maximum absolute atomic E-state index is 16.5. The van der Waals surface area contributed by atoms with E-state index < -0.39 is 42.5 Å². The van der Waals surface area contributed by atoms with Crippen LogP contribution in [-0.4, -0.2) is 48.3 Å². The molecular formula is C23H26B2F2N4O3S2. The van der Waals surface area contributed by atoms with Gasteiger partial charge < -0.3 is 14.0 Å². The summed E-state index contributed by atoms with van der Waals surface area (Å²) in [5, 5.41) is 0.0549. The maximum Gasteiger partial charge on any atom is 0.500 e. The van der Waals surface area contributed by atoms with Crippen LogP contribution in [0.1, 0.15) is 55.4 Å². The van der Waals surface area contributed by atoms with Gasteiger partial charge in [0.1, 0.15) is 33.7 Å². The van der Waals surface area contributed by atoms with Gasteiger partial charge in [-0.15, -0.1) is 0 Å². The molecule has 2 aliphatic rings. The Morgan fingerprint density at radius 3 is 1.56 bits per heavy atom. The summed E-state index contributed by atoms with van der Waals surface area (Å²) < 4.78 is 69.3. The number of nitrogens with zero attached hydrogens (tertiary/aromatic N) is 4. The van der Waals surface area contributed by atoms with Gasteiger partial charge in [0.2, 0.25) is 0 Å². The zero-order valence-corrected chi connectivity index (χ0v) is 23.1. The zero-order valence-electron chi connectivity index (χ0n) is 21.4. The number of rotatable bonds is 2. The molecular weight excluding hydrogens is 504 g/mol. The van der Waals surface area contributed by atoms with Gasteiger partial charge in [0, 0.05) is 10.9 Å². The molecule has 0 atom stereocenters. The fourth-order valence-corrected chi connectivity index (χ4v) is 6.23. The number of fused-ring (bicyclic) bond motifs is 5. The molecule has 188 valence electrons. The minimum atomic E-state index is -1.03. The second kappa shape index (κ2) is 7.41. The molecule has 2 fully saturated rings. The fraction of sp³-hybridized carbons (Fsp3) is 0.565. The van der Waals surface area contributed by atoms with E-state index in [-0.39, 0.29) is 38.2 Å². The SMILES string of the molecule is CC1(C)CB(c2c(F)c3c4nsnc4c(B4OC(C)(C)C(C)(C)O4)c(F)c3c3nsnc23)OC1(C)C. The van der Waals surface area contributed by atoms with Crippen molar-refractivity contribution >= 4 is 81.3 Å². The first-order chi connectivity index (χ1) is 16.7. The van der Waals surface area contributed by atoms with Crippen LogP contribution in [0.4, 0.5) is 8.78 Å². The maximum atomic E-state index is 16.5. The van der Waals surface area contributed by atoms with E-state index in [1.807, 2.05) is 41.5 Å². The average Bonchev–Trinajstić information content (AvgIpc) is 3.48. The van der Waals surface area contributed by atoms with Gasteiger partial charge in [0.05, 0.1) is 51.0 Å². The summed E-state index contributed by atoms with van der Waals surface area (Å²) >= 11 is 1.81. The van der Waals surface area contributed by atoms with Crippen molar-refractivity contribution in [3.63, 3.8) is 0 Å². The van der Waals surface area contributed by atoms with Crippen LogP contribution in [0.5, 0.6) is 0 Å². The Bertz CT molecular complexity index is 1420. The summed E-state index contributed by atoms with van der Waals surface area (Å²) in [4.78, 5) is 0. The van der Waals surface area contributed by atoms with E-state index in [9.17, 15) is 0 Å². The van der Waals surface area contributed by atoms with Crippen molar-refractivity contribution in [2.45, 2.75) is 78.5 Å². The largest absolute Gasteiger partial charge is 0.500 e. The van der Waals surface area contributed by atoms with Crippen LogP contribution in [0.25, 0.3) is 32.8 Å². The first-order valence-electron chi connectivity index (χ1n) is 11.9. The van der Waals surface area contributed by atoms with Crippen molar-refractivity contribution in [2.75, 3.05) is 0 Å². The Hall–Kier alpha value is -1.79. The van der Waals surface area contributed by atoms with E-state index in [0.717, 1.165) is 23.5 Å². The first kappa shape index (κ1) is 24.5. The summed E-state index contributed by atoms with van der Waals surface area (Å²) in [5.41, 5.74) is -0.617. The second-order valence-electron chi connectivity index (χ2n) is 11.9. The average molecular weight is 530 g/mol. The van der Waals surface area contributed by atoms with Crippen molar-refractivity contribution in [1.29, 1.82) is 0 Å². The van der Waals surface area contributed by atoms with Gasteiger partial charge in [-0.25, -0.2) is 8.78 Å². The standard InChI is InChI=1S/C23H26B2F2N4O3S2/c1-20(2)9-24(32-21(20,3)4)12-14(26)10-11(16-18(12)30-35-28-16)15(27)13(19-17(10)29-36-31-19)25-33-22(5,6)23(7,8)34-25/h9H2,1-8H3. The molecule has 0 unspecified atom stereocenters. The topological polar surface area (TPSA) is 79.3 Å². The molecule has 2 saturated heterocycles. The van der Waals surface area contributed by atoms with Gasteiger partial charge in [0.25, 0.3) is 0 Å². The van der Waals surface area contributed by atoms with E-state index >= 15 is 8.78 Å². The summed E-state index contributed by atoms with van der Waals surface area (Å²) in [6.45, 7) is 15.2. The molecule has 0 bridgehead atoms. The molecule has 6 rings (SSSR count). The summed E-state index contributed by atoms with van der Waals surface area (Å²) in [6, 6.07) is 0. The van der Waals surface area contributed by atoms with Crippen LogP contribution < -0.4 is 10.9 Å². The molecule has 4 heterocycles. The predicted molar refractivity (Wildman–Crippen MR) is 141 cm³/mol. The van der Waals surface area contributed by atoms with Gasteiger partial charge in [-0.05, 0) is 53.3 Å². The van der Waals surface area contributed by atoms with Crippen LogP contribution in [0.3, 0.4) is 0 Å². The second-order valence-corrected chi connectivity index (χ2v) is 13.0. The monoisotopic (exact) mass is 530 g/mol. The lowest BCUT2D eigenvalue weighted by Gasteiger charge is -2.34. The Morgan fingerprint density at radius 1 is 0.639 bits per heavy atom. The summed E-state index contributed by atoms with van der Waals surface area (Å²) in [5.74, 6) is -1.28. The van der Waals surface area contributed by atoms with Crippen LogP contribution >= 0.6 is 23.5 Å². The molecule has 0 spiro atoms. The normalized spacial score (nSPS) is 22.5. The molecule has 0 aliphatic carbocycles. The molecule has 0 amide bonds. The van der Waals surface area contributed by atoms with Gasteiger partial charge in [-0.1, -0.05) is 13.8 Å². The molecule has 7 nitrogen and oxygen atoms in total. The van der Waals surface area contributed by atoms with Crippen LogP contribution in [0, 0.1) is 17.0 Å². The van der Waals surface area contributed by atoms with E-state index in [2.05, 4.69) is 31.3 Å². The highest BCUT2D eigenvalue weighted by Crippen LogP contribution is 2.46. The quantitative estimate of drug-likeness (QED) is 0.354. The highest BCUT2D eigenvalue weighted by atomic mass is 32.1. The summed E-state index contributed by atoms with van der Waals surface area (Å²) in [6.07, 6.45) is 0.585. The lowest BCUT2D eigenvalue weighted by molar-refractivity contribution is 0.00578. The molecule has 4 aromatic rings. The van der Waals surface area contributed by atoms with Crippen molar-refractivity contribution in [1.82, 2.24) is 17.5 Å². The van der Waals surface area contributed by atoms with Crippen molar-refractivity contribution < 1.29 is 22.7 Å². The van der Waals surface area contributed by atoms with Gasteiger partial charge in [0.15, 0.2) is 0 Å². The lowest BCUT2D eigenvalue weighted by Crippen LogP contribution is -2.41. The highest BCUT2D eigenvalue weighted by molar-refractivity contribution is 7.00. The Labute approximate surface area is 216 Å². The van der Waals surface area contributed by atoms with Gasteiger partial charge in [-0.2, -0.15) is 17.5 Å². The number of aromatic nitrogens is 4. The van der Waals surface area contributed by atoms with Crippen LogP contribution in [-0.2, 0) is 14.0 Å². The molecule has 2 aromatic carbocycles. The highest BCUT2D eigenvalue weighted by Gasteiger charge is 2.54. The number of hydrogen-bond donors (Lipinski definition) is 0. The Morgan fingerprint density at radius 2 is 1.08 bits per heavy atom. The van der Waals surface area contributed by atoms with E-state index in [0.29, 0.717) is 17.3 Å². The minimum Gasteiger partial charge on any atom is -0.425 e. The third kappa shape index (κ3) is 3.12. The molecule has 0 radical (unpaired) electrons. The molecule has 0 saturated carbocycles. The van der Waals surface area contributed by atoms with Gasteiger partial charge in [-0.3, -0.25) is 0 Å². The smallest absolute Gasteiger partial charge is 0.425 e. The Balaban J connectivity index is 1.66. The molecule has 2 aliphatic heterocycles. The van der Waals surface area contributed by atoms with Crippen molar-refractivity contribution in [2.24, 2.45) is 5.41 Å². The van der Waals surface area contributed by atoms with Crippen LogP contribution in [0.2, 0.25) is 6.32 Å². The molecule has 36 heavy (non-hydrogen) atoms. The van der Waals surface area contributed by atoms with E-state index in [4.69, 9.17) is 14.0 Å². The first-order valence-corrected chi connectivity index (χ1v) is 13.4. The number of halogens is 2. The third-order valence-electron chi connectivity index (χ3n) is 8.70. The van der Waals surface area contributed by atoms with Crippen molar-refractivity contribution in [3.05, 3.63) is 11.6 Å². The fourth-order valence-electron chi connectivity index (χ4n) is 5.10. The van der Waals surface area contributed by atoms with E-state index in [1.165, 1.54) is 0 Å². The lowest BCUT2D eigenvalue weighted by atomic mass is 9.53. The third-order valence-corrected chi connectivity index (χ3v) is 9.75. The van der Waals surface area contributed by atoms with Crippen LogP contribution in [0.15, 0.2) is 0 Å². The predicted octanol–water partition coefficient (Wildman–Crippen LogP) is 4.46. The molecule has 2 aromatic heterocycles.